The molecular formula is C19H24Cl2N2OS. The van der Waals surface area contributed by atoms with Crippen molar-refractivity contribution in [3.63, 3.8) is 0 Å². The fourth-order valence-electron chi connectivity index (χ4n) is 2.36. The van der Waals surface area contributed by atoms with Crippen LogP contribution < -0.4 is 11.1 Å². The van der Waals surface area contributed by atoms with Gasteiger partial charge in [-0.15, -0.1) is 24.2 Å². The number of amides is 1. The standard InChI is InChI=1S/C19H23ClN2OS.ClH/c20-17-10-8-16(9-11-17)19(15-6-2-1-3-7-15)24-14-18(23)22-13-5-4-12-21;/h1-3,6-11,19H,4-5,12-14,21H2,(H,22,23);1H. The van der Waals surface area contributed by atoms with E-state index < -0.39 is 0 Å². The highest BCUT2D eigenvalue weighted by Crippen LogP contribution is 2.35. The van der Waals surface area contributed by atoms with E-state index in [0.717, 1.165) is 18.4 Å². The lowest BCUT2D eigenvalue weighted by Gasteiger charge is -2.18. The van der Waals surface area contributed by atoms with E-state index in [-0.39, 0.29) is 23.6 Å². The van der Waals surface area contributed by atoms with Crippen molar-refractivity contribution in [2.24, 2.45) is 5.73 Å². The first-order chi connectivity index (χ1) is 11.7. The number of halogens is 2. The molecule has 136 valence electrons. The maximum Gasteiger partial charge on any atom is 0.230 e. The number of rotatable bonds is 9. The molecule has 1 unspecified atom stereocenters. The van der Waals surface area contributed by atoms with Gasteiger partial charge in [0.1, 0.15) is 0 Å². The number of unbranched alkanes of at least 4 members (excludes halogenated alkanes) is 1. The third-order valence-electron chi connectivity index (χ3n) is 3.61. The monoisotopic (exact) mass is 398 g/mol. The molecule has 0 aliphatic heterocycles. The average Bonchev–Trinajstić information content (AvgIpc) is 2.61. The minimum absolute atomic E-state index is 0. The van der Waals surface area contributed by atoms with Crippen LogP contribution in [0.3, 0.4) is 0 Å². The fraction of sp³-hybridized carbons (Fsp3) is 0.316. The van der Waals surface area contributed by atoms with Crippen LogP contribution in [0.15, 0.2) is 54.6 Å². The van der Waals surface area contributed by atoms with Crippen molar-refractivity contribution in [3.05, 3.63) is 70.7 Å². The van der Waals surface area contributed by atoms with Crippen molar-refractivity contribution >= 4 is 41.7 Å². The highest BCUT2D eigenvalue weighted by molar-refractivity contribution is 8.00. The van der Waals surface area contributed by atoms with Crippen molar-refractivity contribution < 1.29 is 4.79 Å². The summed E-state index contributed by atoms with van der Waals surface area (Å²) in [6.07, 6.45) is 1.86. The van der Waals surface area contributed by atoms with Crippen molar-refractivity contribution in [1.82, 2.24) is 5.32 Å². The molecule has 0 aliphatic rings. The van der Waals surface area contributed by atoms with Crippen LogP contribution in [0.25, 0.3) is 0 Å². The van der Waals surface area contributed by atoms with Gasteiger partial charge in [0, 0.05) is 11.6 Å². The van der Waals surface area contributed by atoms with Gasteiger partial charge in [-0.1, -0.05) is 54.1 Å². The van der Waals surface area contributed by atoms with Gasteiger partial charge in [-0.05, 0) is 42.6 Å². The fourth-order valence-corrected chi connectivity index (χ4v) is 3.60. The number of hydrogen-bond donors (Lipinski definition) is 2. The lowest BCUT2D eigenvalue weighted by atomic mass is 10.0. The molecule has 2 aromatic carbocycles. The zero-order chi connectivity index (χ0) is 17.2. The summed E-state index contributed by atoms with van der Waals surface area (Å²) >= 11 is 7.62. The topological polar surface area (TPSA) is 55.1 Å². The highest BCUT2D eigenvalue weighted by Gasteiger charge is 2.16. The van der Waals surface area contributed by atoms with Gasteiger partial charge in [0.05, 0.1) is 11.0 Å². The number of thioether (sulfide) groups is 1. The van der Waals surface area contributed by atoms with Gasteiger partial charge in [-0.3, -0.25) is 4.79 Å². The van der Waals surface area contributed by atoms with Crippen LogP contribution in [0.5, 0.6) is 0 Å². The normalized spacial score (nSPS) is 11.4. The Morgan fingerprint density at radius 3 is 2.32 bits per heavy atom. The van der Waals surface area contributed by atoms with E-state index in [1.807, 2.05) is 42.5 Å². The number of carbonyl (C=O) groups is 1. The molecule has 0 aromatic heterocycles. The Kier molecular flexibility index (Phi) is 10.7. The van der Waals surface area contributed by atoms with E-state index in [4.69, 9.17) is 17.3 Å². The Morgan fingerprint density at radius 2 is 1.68 bits per heavy atom. The highest BCUT2D eigenvalue weighted by atomic mass is 35.5. The molecule has 25 heavy (non-hydrogen) atoms. The third kappa shape index (κ3) is 7.70. The van der Waals surface area contributed by atoms with Gasteiger partial charge < -0.3 is 11.1 Å². The Hall–Kier alpha value is -1.20. The predicted octanol–water partition coefficient (Wildman–Crippen LogP) is 4.44. The molecule has 0 fully saturated rings. The van der Waals surface area contributed by atoms with Gasteiger partial charge in [0.25, 0.3) is 0 Å². The number of hydrogen-bond acceptors (Lipinski definition) is 3. The summed E-state index contributed by atoms with van der Waals surface area (Å²) in [6.45, 7) is 1.35. The predicted molar refractivity (Wildman–Crippen MR) is 111 cm³/mol. The quantitative estimate of drug-likeness (QED) is 0.613. The zero-order valence-corrected chi connectivity index (χ0v) is 16.4. The molecule has 1 atom stereocenters. The molecule has 0 bridgehead atoms. The van der Waals surface area contributed by atoms with Crippen LogP contribution in [-0.2, 0) is 4.79 Å². The molecule has 2 rings (SSSR count). The molecule has 0 aliphatic carbocycles. The van der Waals surface area contributed by atoms with Crippen molar-refractivity contribution in [2.75, 3.05) is 18.8 Å². The second kappa shape index (κ2) is 12.2. The van der Waals surface area contributed by atoms with Crippen LogP contribution in [-0.4, -0.2) is 24.7 Å². The minimum atomic E-state index is 0. The first-order valence-electron chi connectivity index (χ1n) is 8.09. The maximum atomic E-state index is 12.0. The second-order valence-electron chi connectivity index (χ2n) is 5.50. The van der Waals surface area contributed by atoms with Crippen LogP contribution in [0.2, 0.25) is 5.02 Å². The van der Waals surface area contributed by atoms with Crippen LogP contribution >= 0.6 is 35.8 Å². The molecule has 0 saturated carbocycles. The number of benzene rings is 2. The third-order valence-corrected chi connectivity index (χ3v) is 5.17. The van der Waals surface area contributed by atoms with E-state index >= 15 is 0 Å². The first-order valence-corrected chi connectivity index (χ1v) is 9.52. The summed E-state index contributed by atoms with van der Waals surface area (Å²) in [4.78, 5) is 12.0. The van der Waals surface area contributed by atoms with Crippen molar-refractivity contribution in [1.29, 1.82) is 0 Å². The van der Waals surface area contributed by atoms with E-state index in [1.54, 1.807) is 11.8 Å². The first kappa shape index (κ1) is 21.8. The van der Waals surface area contributed by atoms with Gasteiger partial charge in [0.15, 0.2) is 0 Å². The number of carbonyl (C=O) groups excluding carboxylic acids is 1. The smallest absolute Gasteiger partial charge is 0.230 e. The Balaban J connectivity index is 0.00000312. The summed E-state index contributed by atoms with van der Waals surface area (Å²) in [5, 5.41) is 3.77. The zero-order valence-electron chi connectivity index (χ0n) is 14.0. The van der Waals surface area contributed by atoms with E-state index in [0.29, 0.717) is 23.9 Å². The van der Waals surface area contributed by atoms with Crippen molar-refractivity contribution in [2.45, 2.75) is 18.1 Å². The van der Waals surface area contributed by atoms with Crippen LogP contribution in [0.4, 0.5) is 0 Å². The van der Waals surface area contributed by atoms with Gasteiger partial charge >= 0.3 is 0 Å². The van der Waals surface area contributed by atoms with Crippen LogP contribution in [0.1, 0.15) is 29.2 Å². The molecule has 3 N–H and O–H groups in total. The minimum Gasteiger partial charge on any atom is -0.355 e. The molecule has 1 amide bonds. The molecule has 2 aromatic rings. The number of nitrogens with two attached hydrogens (primary N) is 1. The van der Waals surface area contributed by atoms with Gasteiger partial charge in [-0.2, -0.15) is 0 Å². The largest absolute Gasteiger partial charge is 0.355 e. The van der Waals surface area contributed by atoms with E-state index in [2.05, 4.69) is 17.4 Å². The average molecular weight is 399 g/mol. The van der Waals surface area contributed by atoms with Gasteiger partial charge in [-0.25, -0.2) is 0 Å². The summed E-state index contributed by atoms with van der Waals surface area (Å²) in [5.74, 6) is 0.483. The SMILES string of the molecule is Cl.NCCCCNC(=O)CSC(c1ccccc1)c1ccc(Cl)cc1. The lowest BCUT2D eigenvalue weighted by Crippen LogP contribution is -2.26. The molecule has 0 spiro atoms. The maximum absolute atomic E-state index is 12.0. The Bertz CT molecular complexity index is 623. The molecule has 0 heterocycles. The summed E-state index contributed by atoms with van der Waals surface area (Å²) < 4.78 is 0. The molecule has 3 nitrogen and oxygen atoms in total. The summed E-state index contributed by atoms with van der Waals surface area (Å²) in [7, 11) is 0. The Morgan fingerprint density at radius 1 is 1.04 bits per heavy atom. The molecule has 6 heteroatoms. The molecule has 0 saturated heterocycles. The summed E-state index contributed by atoms with van der Waals surface area (Å²) in [6, 6.07) is 18.0. The van der Waals surface area contributed by atoms with E-state index in [9.17, 15) is 4.79 Å². The molecule has 0 radical (unpaired) electrons. The summed E-state index contributed by atoms with van der Waals surface area (Å²) in [5.41, 5.74) is 7.78. The van der Waals surface area contributed by atoms with E-state index in [1.165, 1.54) is 5.56 Å². The van der Waals surface area contributed by atoms with Crippen molar-refractivity contribution in [3.8, 4) is 0 Å². The molecular weight excluding hydrogens is 375 g/mol. The van der Waals surface area contributed by atoms with Crippen LogP contribution in [0, 0.1) is 0 Å². The Labute approximate surface area is 165 Å². The second-order valence-corrected chi connectivity index (χ2v) is 7.03. The number of nitrogens with one attached hydrogen (secondary N) is 1. The van der Waals surface area contributed by atoms with Gasteiger partial charge in [0.2, 0.25) is 5.91 Å². The lowest BCUT2D eigenvalue weighted by molar-refractivity contribution is -0.118.